The van der Waals surface area contributed by atoms with Gasteiger partial charge in [0.15, 0.2) is 0 Å². The Hall–Kier alpha value is -1.46. The minimum Gasteiger partial charge on any atom is -0.425 e. The largest absolute Gasteiger partial charge is 0.425 e. The summed E-state index contributed by atoms with van der Waals surface area (Å²) in [5.41, 5.74) is 1.82. The Morgan fingerprint density at radius 2 is 2.28 bits per heavy atom. The van der Waals surface area contributed by atoms with E-state index in [9.17, 15) is 4.79 Å². The highest BCUT2D eigenvalue weighted by Gasteiger charge is 2.42. The van der Waals surface area contributed by atoms with Crippen molar-refractivity contribution in [2.75, 3.05) is 13.1 Å². The van der Waals surface area contributed by atoms with Crippen LogP contribution in [0.25, 0.3) is 0 Å². The first-order chi connectivity index (χ1) is 8.70. The van der Waals surface area contributed by atoms with Gasteiger partial charge in [0.25, 0.3) is 0 Å². The Balaban J connectivity index is 1.95. The summed E-state index contributed by atoms with van der Waals surface area (Å²) in [5.74, 6) is 0.180. The molecule has 0 aromatic carbocycles. The highest BCUT2D eigenvalue weighted by Crippen LogP contribution is 2.43. The normalized spacial score (nSPS) is 20.7. The molecule has 5 heteroatoms. The molecule has 0 aliphatic carbocycles. The molecule has 96 valence electrons. The Morgan fingerprint density at radius 3 is 3.00 bits per heavy atom. The van der Waals surface area contributed by atoms with Crippen molar-refractivity contribution in [3.63, 3.8) is 0 Å². The number of carbonyl (C=O) groups is 1. The van der Waals surface area contributed by atoms with Gasteiger partial charge in [-0.05, 0) is 32.0 Å². The van der Waals surface area contributed by atoms with Crippen LogP contribution in [-0.2, 0) is 21.7 Å². The molecule has 2 aliphatic rings. The zero-order valence-electron chi connectivity index (χ0n) is 10.4. The molecule has 0 amide bonds. The van der Waals surface area contributed by atoms with Gasteiger partial charge in [-0.15, -0.1) is 0 Å². The smallest absolute Gasteiger partial charge is 0.308 e. The van der Waals surface area contributed by atoms with E-state index in [1.807, 2.05) is 6.07 Å². The maximum Gasteiger partial charge on any atom is 0.308 e. The Morgan fingerprint density at radius 1 is 1.50 bits per heavy atom. The van der Waals surface area contributed by atoms with Crippen molar-refractivity contribution in [1.29, 1.82) is 0 Å². The summed E-state index contributed by atoms with van der Waals surface area (Å²) in [6.07, 6.45) is 3.46. The lowest BCUT2D eigenvalue weighted by Crippen LogP contribution is -2.39. The van der Waals surface area contributed by atoms with Crippen LogP contribution in [0.5, 0.6) is 5.75 Å². The van der Waals surface area contributed by atoms with E-state index in [1.54, 1.807) is 6.20 Å². The van der Waals surface area contributed by atoms with Crippen LogP contribution in [0.3, 0.4) is 0 Å². The van der Waals surface area contributed by atoms with Crippen molar-refractivity contribution in [2.24, 2.45) is 0 Å². The van der Waals surface area contributed by atoms with Gasteiger partial charge in [0.05, 0.1) is 24.1 Å². The number of pyridine rings is 1. The zero-order chi connectivity index (χ0) is 12.6. The first kappa shape index (κ1) is 11.6. The highest BCUT2D eigenvalue weighted by molar-refractivity contribution is 5.69. The van der Waals surface area contributed by atoms with E-state index in [1.165, 1.54) is 6.92 Å². The van der Waals surface area contributed by atoms with Gasteiger partial charge in [-0.2, -0.15) is 0 Å². The van der Waals surface area contributed by atoms with Crippen LogP contribution in [-0.4, -0.2) is 24.0 Å². The molecule has 1 fully saturated rings. The molecule has 5 nitrogen and oxygen atoms in total. The van der Waals surface area contributed by atoms with Crippen LogP contribution in [0.4, 0.5) is 0 Å². The SMILES string of the molecule is CC(=O)Oc1cnc2c(c1)C1(CCNCC1)OC2. The summed E-state index contributed by atoms with van der Waals surface area (Å²) in [6.45, 7) is 3.83. The van der Waals surface area contributed by atoms with Crippen LogP contribution < -0.4 is 10.1 Å². The lowest BCUT2D eigenvalue weighted by atomic mass is 9.85. The van der Waals surface area contributed by atoms with E-state index >= 15 is 0 Å². The fourth-order valence-electron chi connectivity index (χ4n) is 2.73. The zero-order valence-corrected chi connectivity index (χ0v) is 10.4. The lowest BCUT2D eigenvalue weighted by molar-refractivity contribution is -0.131. The predicted octanol–water partition coefficient (Wildman–Crippen LogP) is 1.12. The Labute approximate surface area is 105 Å². The summed E-state index contributed by atoms with van der Waals surface area (Å²) in [4.78, 5) is 15.3. The third kappa shape index (κ3) is 1.89. The molecule has 1 aromatic heterocycles. The number of rotatable bonds is 1. The summed E-state index contributed by atoms with van der Waals surface area (Å²) < 4.78 is 11.1. The number of nitrogens with one attached hydrogen (secondary N) is 1. The van der Waals surface area contributed by atoms with Gasteiger partial charge in [0.1, 0.15) is 5.75 Å². The molecular weight excluding hydrogens is 232 g/mol. The molecule has 3 rings (SSSR count). The molecule has 1 N–H and O–H groups in total. The molecule has 2 aliphatic heterocycles. The number of aromatic nitrogens is 1. The highest BCUT2D eigenvalue weighted by atomic mass is 16.5. The van der Waals surface area contributed by atoms with Gasteiger partial charge in [0.2, 0.25) is 0 Å². The van der Waals surface area contributed by atoms with Crippen molar-refractivity contribution < 1.29 is 14.3 Å². The Bertz CT molecular complexity index is 476. The molecule has 0 radical (unpaired) electrons. The summed E-state index contributed by atoms with van der Waals surface area (Å²) in [6, 6.07) is 1.90. The standard InChI is InChI=1S/C13H16N2O3/c1-9(16)18-10-6-11-12(15-7-10)8-17-13(11)2-4-14-5-3-13/h6-7,14H,2-5,8H2,1H3. The minimum absolute atomic E-state index is 0.232. The topological polar surface area (TPSA) is 60.5 Å². The Kier molecular flexibility index (Phi) is 2.80. The molecular formula is C13H16N2O3. The van der Waals surface area contributed by atoms with E-state index in [2.05, 4.69) is 10.3 Å². The number of piperidine rings is 1. The van der Waals surface area contributed by atoms with Gasteiger partial charge < -0.3 is 14.8 Å². The number of nitrogens with zero attached hydrogens (tertiary/aromatic N) is 1. The van der Waals surface area contributed by atoms with E-state index in [-0.39, 0.29) is 11.6 Å². The second kappa shape index (κ2) is 4.33. The molecule has 0 unspecified atom stereocenters. The molecule has 0 atom stereocenters. The van der Waals surface area contributed by atoms with E-state index < -0.39 is 0 Å². The van der Waals surface area contributed by atoms with E-state index in [0.717, 1.165) is 37.2 Å². The molecule has 3 heterocycles. The second-order valence-electron chi connectivity index (χ2n) is 4.79. The predicted molar refractivity (Wildman–Crippen MR) is 64.1 cm³/mol. The summed E-state index contributed by atoms with van der Waals surface area (Å²) in [5, 5.41) is 3.33. The van der Waals surface area contributed by atoms with Gasteiger partial charge in [-0.25, -0.2) is 0 Å². The van der Waals surface area contributed by atoms with E-state index in [4.69, 9.17) is 9.47 Å². The molecule has 0 saturated carbocycles. The number of fused-ring (bicyclic) bond motifs is 2. The third-order valence-electron chi connectivity index (χ3n) is 3.59. The lowest BCUT2D eigenvalue weighted by Gasteiger charge is -2.33. The fraction of sp³-hybridized carbons (Fsp3) is 0.538. The number of carbonyl (C=O) groups excluding carboxylic acids is 1. The van der Waals surface area contributed by atoms with Crippen LogP contribution in [0.2, 0.25) is 0 Å². The van der Waals surface area contributed by atoms with Gasteiger partial charge in [-0.3, -0.25) is 9.78 Å². The maximum absolute atomic E-state index is 11.0. The molecule has 0 bridgehead atoms. The maximum atomic E-state index is 11.0. The molecule has 18 heavy (non-hydrogen) atoms. The van der Waals surface area contributed by atoms with Crippen LogP contribution in [0.1, 0.15) is 31.0 Å². The number of ether oxygens (including phenoxy) is 2. The van der Waals surface area contributed by atoms with Crippen molar-refractivity contribution in [1.82, 2.24) is 10.3 Å². The number of esters is 1. The fourth-order valence-corrected chi connectivity index (χ4v) is 2.73. The average Bonchev–Trinajstić information content (AvgIpc) is 2.69. The van der Waals surface area contributed by atoms with Crippen molar-refractivity contribution in [2.45, 2.75) is 32.0 Å². The van der Waals surface area contributed by atoms with Crippen molar-refractivity contribution in [3.05, 3.63) is 23.5 Å². The monoisotopic (exact) mass is 248 g/mol. The van der Waals surface area contributed by atoms with Crippen molar-refractivity contribution >= 4 is 5.97 Å². The van der Waals surface area contributed by atoms with Gasteiger partial charge >= 0.3 is 5.97 Å². The quantitative estimate of drug-likeness (QED) is 0.754. The average molecular weight is 248 g/mol. The van der Waals surface area contributed by atoms with Crippen LogP contribution in [0, 0.1) is 0 Å². The first-order valence-corrected chi connectivity index (χ1v) is 6.22. The number of hydrogen-bond acceptors (Lipinski definition) is 5. The minimum atomic E-state index is -0.324. The molecule has 1 saturated heterocycles. The van der Waals surface area contributed by atoms with Gasteiger partial charge in [-0.1, -0.05) is 0 Å². The van der Waals surface area contributed by atoms with Crippen LogP contribution >= 0.6 is 0 Å². The third-order valence-corrected chi connectivity index (χ3v) is 3.59. The van der Waals surface area contributed by atoms with Crippen LogP contribution in [0.15, 0.2) is 12.3 Å². The summed E-state index contributed by atoms with van der Waals surface area (Å²) in [7, 11) is 0. The molecule has 1 aromatic rings. The van der Waals surface area contributed by atoms with Crippen molar-refractivity contribution in [3.8, 4) is 5.75 Å². The summed E-state index contributed by atoms with van der Waals surface area (Å²) >= 11 is 0. The van der Waals surface area contributed by atoms with E-state index in [0.29, 0.717) is 12.4 Å². The number of hydrogen-bond donors (Lipinski definition) is 1. The van der Waals surface area contributed by atoms with Gasteiger partial charge in [0, 0.05) is 12.5 Å². The molecule has 1 spiro atoms. The first-order valence-electron chi connectivity index (χ1n) is 6.22. The second-order valence-corrected chi connectivity index (χ2v) is 4.79.